The van der Waals surface area contributed by atoms with E-state index in [9.17, 15) is 9.50 Å². The molecule has 0 aliphatic carbocycles. The Morgan fingerprint density at radius 2 is 2.15 bits per heavy atom. The minimum absolute atomic E-state index is 0.234. The van der Waals surface area contributed by atoms with Crippen LogP contribution in [0.4, 0.5) is 4.39 Å². The van der Waals surface area contributed by atoms with Gasteiger partial charge in [-0.1, -0.05) is 18.2 Å². The molecule has 3 heteroatoms. The predicted molar refractivity (Wildman–Crippen MR) is 54.5 cm³/mol. The summed E-state index contributed by atoms with van der Waals surface area (Å²) in [6.45, 7) is 0. The number of halogens is 1. The van der Waals surface area contributed by atoms with Crippen molar-refractivity contribution < 1.29 is 9.50 Å². The molecule has 0 aliphatic rings. The molecule has 1 rings (SSSR count). The van der Waals surface area contributed by atoms with Crippen LogP contribution in [0.5, 0.6) is 0 Å². The third kappa shape index (κ3) is 3.36. The monoisotopic (exact) mass is 200 g/mol. The van der Waals surface area contributed by atoms with Crippen molar-refractivity contribution >= 4 is 11.8 Å². The van der Waals surface area contributed by atoms with Crippen molar-refractivity contribution in [1.82, 2.24) is 0 Å². The van der Waals surface area contributed by atoms with Gasteiger partial charge in [-0.15, -0.1) is 0 Å². The second kappa shape index (κ2) is 5.25. The largest absolute Gasteiger partial charge is 0.392 e. The van der Waals surface area contributed by atoms with Crippen molar-refractivity contribution in [2.75, 3.05) is 12.0 Å². The number of benzene rings is 1. The van der Waals surface area contributed by atoms with Gasteiger partial charge in [-0.25, -0.2) is 4.39 Å². The van der Waals surface area contributed by atoms with Gasteiger partial charge in [0.2, 0.25) is 0 Å². The van der Waals surface area contributed by atoms with Crippen molar-refractivity contribution in [3.05, 3.63) is 35.6 Å². The van der Waals surface area contributed by atoms with Crippen LogP contribution in [-0.4, -0.2) is 23.2 Å². The maximum atomic E-state index is 13.1. The third-order valence-electron chi connectivity index (χ3n) is 1.77. The Bertz CT molecular complexity index is 265. The van der Waals surface area contributed by atoms with E-state index in [1.165, 1.54) is 6.07 Å². The fraction of sp³-hybridized carbons (Fsp3) is 0.400. The number of aliphatic hydroxyl groups is 1. The molecule has 0 saturated carbocycles. The number of rotatable bonds is 4. The zero-order chi connectivity index (χ0) is 9.68. The van der Waals surface area contributed by atoms with Gasteiger partial charge in [-0.3, -0.25) is 0 Å². The Balaban J connectivity index is 2.58. The van der Waals surface area contributed by atoms with Crippen molar-refractivity contribution in [2.24, 2.45) is 0 Å². The summed E-state index contributed by atoms with van der Waals surface area (Å²) in [4.78, 5) is 0. The predicted octanol–water partition coefficient (Wildman–Crippen LogP) is 2.09. The highest BCUT2D eigenvalue weighted by Crippen LogP contribution is 2.10. The van der Waals surface area contributed by atoms with Crippen molar-refractivity contribution in [1.29, 1.82) is 0 Å². The maximum Gasteiger partial charge on any atom is 0.126 e. The van der Waals surface area contributed by atoms with E-state index in [2.05, 4.69) is 0 Å². The topological polar surface area (TPSA) is 20.2 Å². The van der Waals surface area contributed by atoms with E-state index in [4.69, 9.17) is 0 Å². The van der Waals surface area contributed by atoms with Gasteiger partial charge < -0.3 is 5.11 Å². The molecule has 0 aliphatic heterocycles. The van der Waals surface area contributed by atoms with Crippen molar-refractivity contribution in [3.8, 4) is 0 Å². The number of hydrogen-bond donors (Lipinski definition) is 1. The van der Waals surface area contributed by atoms with Crippen LogP contribution >= 0.6 is 11.8 Å². The van der Waals surface area contributed by atoms with Gasteiger partial charge in [0.25, 0.3) is 0 Å². The molecular weight excluding hydrogens is 187 g/mol. The fourth-order valence-corrected chi connectivity index (χ4v) is 1.67. The van der Waals surface area contributed by atoms with Crippen molar-refractivity contribution in [2.45, 2.75) is 12.5 Å². The first-order chi connectivity index (χ1) is 6.24. The fourth-order valence-electron chi connectivity index (χ4n) is 1.17. The van der Waals surface area contributed by atoms with Crippen LogP contribution in [0.1, 0.15) is 5.56 Å². The molecule has 1 N–H and O–H groups in total. The zero-order valence-electron chi connectivity index (χ0n) is 7.53. The highest BCUT2D eigenvalue weighted by atomic mass is 32.2. The van der Waals surface area contributed by atoms with E-state index >= 15 is 0 Å². The Labute approximate surface area is 82.0 Å². The Morgan fingerprint density at radius 3 is 2.77 bits per heavy atom. The lowest BCUT2D eigenvalue weighted by Gasteiger charge is -2.08. The van der Waals surface area contributed by atoms with Gasteiger partial charge in [0.05, 0.1) is 6.10 Å². The van der Waals surface area contributed by atoms with Crippen LogP contribution in [0, 0.1) is 5.82 Å². The highest BCUT2D eigenvalue weighted by molar-refractivity contribution is 7.98. The van der Waals surface area contributed by atoms with Crippen LogP contribution < -0.4 is 0 Å². The molecule has 1 aromatic carbocycles. The van der Waals surface area contributed by atoms with Gasteiger partial charge in [-0.2, -0.15) is 11.8 Å². The molecule has 13 heavy (non-hydrogen) atoms. The Kier molecular flexibility index (Phi) is 4.25. The number of thioether (sulfide) groups is 1. The van der Waals surface area contributed by atoms with Gasteiger partial charge >= 0.3 is 0 Å². The third-order valence-corrected chi connectivity index (χ3v) is 2.49. The summed E-state index contributed by atoms with van der Waals surface area (Å²) in [7, 11) is 0. The molecule has 1 atom stereocenters. The lowest BCUT2D eigenvalue weighted by Crippen LogP contribution is -2.14. The second-order valence-corrected chi connectivity index (χ2v) is 3.82. The first kappa shape index (κ1) is 10.5. The second-order valence-electron chi connectivity index (χ2n) is 2.90. The molecular formula is C10H13FOS. The van der Waals surface area contributed by atoms with E-state index in [0.29, 0.717) is 17.7 Å². The molecule has 0 spiro atoms. The summed E-state index contributed by atoms with van der Waals surface area (Å²) >= 11 is 1.56. The molecule has 0 heterocycles. The van der Waals surface area contributed by atoms with Crippen LogP contribution in [0.3, 0.4) is 0 Å². The van der Waals surface area contributed by atoms with Gasteiger partial charge in [0.15, 0.2) is 0 Å². The van der Waals surface area contributed by atoms with E-state index in [1.807, 2.05) is 6.26 Å². The zero-order valence-corrected chi connectivity index (χ0v) is 8.35. The molecule has 0 amide bonds. The number of hydrogen-bond acceptors (Lipinski definition) is 2. The van der Waals surface area contributed by atoms with E-state index < -0.39 is 6.10 Å². The maximum absolute atomic E-state index is 13.1. The summed E-state index contributed by atoms with van der Waals surface area (Å²) in [6, 6.07) is 6.56. The quantitative estimate of drug-likeness (QED) is 0.803. The van der Waals surface area contributed by atoms with Crippen LogP contribution in [0.2, 0.25) is 0 Å². The molecule has 1 unspecified atom stereocenters. The van der Waals surface area contributed by atoms with Crippen LogP contribution in [0.25, 0.3) is 0 Å². The molecule has 0 radical (unpaired) electrons. The summed E-state index contributed by atoms with van der Waals surface area (Å²) in [6.07, 6.45) is 1.87. The SMILES string of the molecule is CSCC(O)Cc1ccccc1F. The van der Waals surface area contributed by atoms with Crippen LogP contribution in [-0.2, 0) is 6.42 Å². The van der Waals surface area contributed by atoms with E-state index in [-0.39, 0.29) is 5.82 Å². The van der Waals surface area contributed by atoms with Crippen LogP contribution in [0.15, 0.2) is 24.3 Å². The molecule has 1 nitrogen and oxygen atoms in total. The summed E-state index contributed by atoms with van der Waals surface area (Å²) in [5, 5.41) is 9.44. The molecule has 72 valence electrons. The Morgan fingerprint density at radius 1 is 1.46 bits per heavy atom. The average Bonchev–Trinajstić information content (AvgIpc) is 2.09. The summed E-state index contributed by atoms with van der Waals surface area (Å²) in [5.74, 6) is 0.414. The first-order valence-corrected chi connectivity index (χ1v) is 5.54. The highest BCUT2D eigenvalue weighted by Gasteiger charge is 2.07. The Hall–Kier alpha value is -0.540. The minimum Gasteiger partial charge on any atom is -0.392 e. The number of aliphatic hydroxyl groups excluding tert-OH is 1. The summed E-state index contributed by atoms with van der Waals surface area (Å²) < 4.78 is 13.1. The standard InChI is InChI=1S/C10H13FOS/c1-13-7-9(12)6-8-4-2-3-5-10(8)11/h2-5,9,12H,6-7H2,1H3. The van der Waals surface area contributed by atoms with E-state index in [0.717, 1.165) is 0 Å². The molecule has 1 aromatic rings. The lowest BCUT2D eigenvalue weighted by atomic mass is 10.1. The van der Waals surface area contributed by atoms with Crippen molar-refractivity contribution in [3.63, 3.8) is 0 Å². The van der Waals surface area contributed by atoms with E-state index in [1.54, 1.807) is 30.0 Å². The van der Waals surface area contributed by atoms with Gasteiger partial charge in [-0.05, 0) is 17.9 Å². The minimum atomic E-state index is -0.452. The first-order valence-electron chi connectivity index (χ1n) is 4.14. The smallest absolute Gasteiger partial charge is 0.126 e. The van der Waals surface area contributed by atoms with Gasteiger partial charge in [0.1, 0.15) is 5.82 Å². The molecule has 0 bridgehead atoms. The molecule has 0 fully saturated rings. The normalized spacial score (nSPS) is 12.8. The molecule has 0 aromatic heterocycles. The average molecular weight is 200 g/mol. The lowest BCUT2D eigenvalue weighted by molar-refractivity contribution is 0.199. The summed E-state index contributed by atoms with van der Waals surface area (Å²) in [5.41, 5.74) is 0.587. The molecule has 0 saturated heterocycles. The van der Waals surface area contributed by atoms with Gasteiger partial charge in [0, 0.05) is 12.2 Å².